The summed E-state index contributed by atoms with van der Waals surface area (Å²) in [6, 6.07) is 0.615. The van der Waals surface area contributed by atoms with E-state index >= 15 is 0 Å². The van der Waals surface area contributed by atoms with E-state index in [4.69, 9.17) is 4.74 Å². The minimum absolute atomic E-state index is 0.308. The van der Waals surface area contributed by atoms with Crippen molar-refractivity contribution in [1.29, 1.82) is 0 Å². The molecule has 1 aliphatic heterocycles. The number of hydrogen-bond donors (Lipinski definition) is 1. The number of piperidine rings is 1. The SMILES string of the molecule is CCOC(=O)c1cncnc1Nc1ncc(CN2CCCCC2C)s1. The number of ether oxygens (including phenoxy) is 1. The van der Waals surface area contributed by atoms with Gasteiger partial charge in [-0.1, -0.05) is 6.42 Å². The lowest BCUT2D eigenvalue weighted by Gasteiger charge is -2.32. The van der Waals surface area contributed by atoms with E-state index < -0.39 is 5.97 Å². The van der Waals surface area contributed by atoms with Gasteiger partial charge in [0.25, 0.3) is 0 Å². The molecule has 2 aromatic heterocycles. The molecule has 134 valence electrons. The lowest BCUT2D eigenvalue weighted by molar-refractivity contribution is 0.0526. The predicted octanol–water partition coefficient (Wildman–Crippen LogP) is 3.23. The number of thiazole rings is 1. The third-order valence-corrected chi connectivity index (χ3v) is 5.18. The molecule has 1 aliphatic rings. The van der Waals surface area contributed by atoms with Gasteiger partial charge in [-0.2, -0.15) is 0 Å². The summed E-state index contributed by atoms with van der Waals surface area (Å²) in [4.78, 5) is 28.2. The Morgan fingerprint density at radius 3 is 3.08 bits per heavy atom. The van der Waals surface area contributed by atoms with Crippen LogP contribution < -0.4 is 5.32 Å². The zero-order chi connectivity index (χ0) is 17.6. The number of rotatable bonds is 6. The van der Waals surface area contributed by atoms with Crippen molar-refractivity contribution in [2.45, 2.75) is 45.7 Å². The van der Waals surface area contributed by atoms with Crippen LogP contribution in [0, 0.1) is 0 Å². The summed E-state index contributed by atoms with van der Waals surface area (Å²) in [6.45, 7) is 6.41. The summed E-state index contributed by atoms with van der Waals surface area (Å²) in [5.74, 6) is -0.0230. The molecule has 0 spiro atoms. The van der Waals surface area contributed by atoms with Crippen molar-refractivity contribution in [3.8, 4) is 0 Å². The number of aromatic nitrogens is 3. The van der Waals surface area contributed by atoms with E-state index in [9.17, 15) is 4.79 Å². The molecular formula is C17H23N5O2S. The van der Waals surface area contributed by atoms with Crippen molar-refractivity contribution in [2.75, 3.05) is 18.5 Å². The molecule has 7 nitrogen and oxygen atoms in total. The molecule has 0 aromatic carbocycles. The molecule has 0 amide bonds. The molecule has 0 saturated carbocycles. The van der Waals surface area contributed by atoms with Gasteiger partial charge < -0.3 is 10.1 Å². The van der Waals surface area contributed by atoms with Crippen LogP contribution in [0.4, 0.5) is 10.9 Å². The van der Waals surface area contributed by atoms with Crippen LogP contribution in [0.3, 0.4) is 0 Å². The fourth-order valence-corrected chi connectivity index (χ4v) is 3.76. The highest BCUT2D eigenvalue weighted by molar-refractivity contribution is 7.15. The Morgan fingerprint density at radius 2 is 2.28 bits per heavy atom. The van der Waals surface area contributed by atoms with Crippen LogP contribution >= 0.6 is 11.3 Å². The van der Waals surface area contributed by atoms with Crippen LogP contribution in [0.2, 0.25) is 0 Å². The molecule has 8 heteroatoms. The Kier molecular flexibility index (Phi) is 5.93. The van der Waals surface area contributed by atoms with E-state index in [1.165, 1.54) is 36.7 Å². The highest BCUT2D eigenvalue weighted by atomic mass is 32.1. The van der Waals surface area contributed by atoms with Gasteiger partial charge in [0.1, 0.15) is 17.7 Å². The van der Waals surface area contributed by atoms with Crippen molar-refractivity contribution in [1.82, 2.24) is 19.9 Å². The van der Waals surface area contributed by atoms with E-state index in [2.05, 4.69) is 32.1 Å². The Hall–Kier alpha value is -2.06. The van der Waals surface area contributed by atoms with Crippen molar-refractivity contribution in [3.05, 3.63) is 29.2 Å². The quantitative estimate of drug-likeness (QED) is 0.791. The Balaban J connectivity index is 1.68. The highest BCUT2D eigenvalue weighted by Gasteiger charge is 2.20. The molecule has 1 atom stereocenters. The molecule has 3 rings (SSSR count). The number of esters is 1. The van der Waals surface area contributed by atoms with E-state index in [0.717, 1.165) is 13.1 Å². The number of carbonyl (C=O) groups is 1. The third-order valence-electron chi connectivity index (χ3n) is 4.29. The van der Waals surface area contributed by atoms with E-state index in [-0.39, 0.29) is 0 Å². The number of nitrogens with zero attached hydrogens (tertiary/aromatic N) is 4. The van der Waals surface area contributed by atoms with E-state index in [1.54, 1.807) is 18.3 Å². The van der Waals surface area contributed by atoms with Crippen LogP contribution in [-0.2, 0) is 11.3 Å². The third kappa shape index (κ3) is 4.52. The molecule has 0 radical (unpaired) electrons. The molecule has 0 bridgehead atoms. The maximum Gasteiger partial charge on any atom is 0.343 e. The maximum atomic E-state index is 12.0. The Bertz CT molecular complexity index is 721. The van der Waals surface area contributed by atoms with Crippen LogP contribution in [0.5, 0.6) is 0 Å². The zero-order valence-electron chi connectivity index (χ0n) is 14.6. The lowest BCUT2D eigenvalue weighted by atomic mass is 10.0. The fourth-order valence-electron chi connectivity index (χ4n) is 2.92. The second-order valence-electron chi connectivity index (χ2n) is 6.08. The highest BCUT2D eigenvalue weighted by Crippen LogP contribution is 2.26. The van der Waals surface area contributed by atoms with Gasteiger partial charge in [0.15, 0.2) is 5.13 Å². The molecule has 2 aromatic rings. The van der Waals surface area contributed by atoms with Crippen molar-refractivity contribution in [2.24, 2.45) is 0 Å². The van der Waals surface area contributed by atoms with Gasteiger partial charge in [-0.25, -0.2) is 19.7 Å². The number of carbonyl (C=O) groups excluding carboxylic acids is 1. The van der Waals surface area contributed by atoms with E-state index in [1.807, 2.05) is 6.20 Å². The first-order chi connectivity index (χ1) is 12.2. The summed E-state index contributed by atoms with van der Waals surface area (Å²) < 4.78 is 5.04. The monoisotopic (exact) mass is 361 g/mol. The average Bonchev–Trinajstić information content (AvgIpc) is 3.05. The Morgan fingerprint density at radius 1 is 1.40 bits per heavy atom. The maximum absolute atomic E-state index is 12.0. The summed E-state index contributed by atoms with van der Waals surface area (Å²) in [6.07, 6.45) is 8.58. The predicted molar refractivity (Wildman–Crippen MR) is 97.1 cm³/mol. The smallest absolute Gasteiger partial charge is 0.343 e. The molecule has 25 heavy (non-hydrogen) atoms. The van der Waals surface area contributed by atoms with Gasteiger partial charge in [-0.15, -0.1) is 11.3 Å². The van der Waals surface area contributed by atoms with Crippen LogP contribution in [0.25, 0.3) is 0 Å². The molecule has 3 heterocycles. The average molecular weight is 361 g/mol. The fraction of sp³-hybridized carbons (Fsp3) is 0.529. The number of likely N-dealkylation sites (tertiary alicyclic amines) is 1. The van der Waals surface area contributed by atoms with Gasteiger partial charge in [-0.3, -0.25) is 4.90 Å². The summed E-state index contributed by atoms with van der Waals surface area (Å²) >= 11 is 1.58. The second-order valence-corrected chi connectivity index (χ2v) is 7.19. The minimum Gasteiger partial charge on any atom is -0.462 e. The van der Waals surface area contributed by atoms with E-state index in [0.29, 0.717) is 29.2 Å². The van der Waals surface area contributed by atoms with Gasteiger partial charge >= 0.3 is 5.97 Å². The molecule has 1 fully saturated rings. The number of nitrogens with one attached hydrogen (secondary N) is 1. The lowest BCUT2D eigenvalue weighted by Crippen LogP contribution is -2.36. The molecule has 0 aliphatic carbocycles. The molecule has 1 unspecified atom stereocenters. The molecule has 1 saturated heterocycles. The largest absolute Gasteiger partial charge is 0.462 e. The van der Waals surface area contributed by atoms with Crippen LogP contribution in [0.15, 0.2) is 18.7 Å². The van der Waals surface area contributed by atoms with Gasteiger partial charge in [0.2, 0.25) is 0 Å². The van der Waals surface area contributed by atoms with Crippen molar-refractivity contribution in [3.63, 3.8) is 0 Å². The Labute approximate surface area is 151 Å². The van der Waals surface area contributed by atoms with Gasteiger partial charge in [0.05, 0.1) is 6.61 Å². The topological polar surface area (TPSA) is 80.2 Å². The summed E-state index contributed by atoms with van der Waals surface area (Å²) in [5.41, 5.74) is 0.311. The van der Waals surface area contributed by atoms with Gasteiger partial charge in [0, 0.05) is 29.9 Å². The normalized spacial score (nSPS) is 18.1. The zero-order valence-corrected chi connectivity index (χ0v) is 15.4. The van der Waals surface area contributed by atoms with Crippen LogP contribution in [0.1, 0.15) is 48.3 Å². The first-order valence-electron chi connectivity index (χ1n) is 8.60. The molecule has 1 N–H and O–H groups in total. The molecular weight excluding hydrogens is 338 g/mol. The minimum atomic E-state index is -0.440. The summed E-state index contributed by atoms with van der Waals surface area (Å²) in [7, 11) is 0. The first-order valence-corrected chi connectivity index (χ1v) is 9.42. The van der Waals surface area contributed by atoms with Crippen molar-refractivity contribution >= 4 is 28.3 Å². The first kappa shape index (κ1) is 17.8. The second kappa shape index (κ2) is 8.35. The van der Waals surface area contributed by atoms with Crippen LogP contribution in [-0.4, -0.2) is 45.0 Å². The van der Waals surface area contributed by atoms with Crippen molar-refractivity contribution < 1.29 is 9.53 Å². The standard InChI is InChI=1S/C17H23N5O2S/c1-3-24-16(23)14-9-18-11-20-15(14)21-17-19-8-13(25-17)10-22-7-5-4-6-12(22)2/h8-9,11-12H,3-7,10H2,1-2H3,(H,18,19,20,21). The van der Waals surface area contributed by atoms with Gasteiger partial charge in [-0.05, 0) is 33.2 Å². The number of hydrogen-bond acceptors (Lipinski definition) is 8. The number of anilines is 2. The summed E-state index contributed by atoms with van der Waals surface area (Å²) in [5, 5.41) is 3.83.